The Labute approximate surface area is 210 Å². The van der Waals surface area contributed by atoms with Crippen LogP contribution < -0.4 is 15.0 Å². The molecular formula is C26H25F3N2O4S. The van der Waals surface area contributed by atoms with Crippen molar-refractivity contribution in [2.75, 3.05) is 24.5 Å². The van der Waals surface area contributed by atoms with Gasteiger partial charge in [0.15, 0.2) is 0 Å². The van der Waals surface area contributed by atoms with Crippen LogP contribution >= 0.6 is 11.3 Å². The number of thiophene rings is 1. The molecule has 0 fully saturated rings. The summed E-state index contributed by atoms with van der Waals surface area (Å²) in [5.41, 5.74) is 3.22. The van der Waals surface area contributed by atoms with Crippen LogP contribution in [0, 0.1) is 6.92 Å². The predicted octanol–water partition coefficient (Wildman–Crippen LogP) is 5.27. The molecule has 190 valence electrons. The number of nitrogens with zero attached hydrogens (tertiary/aromatic N) is 1. The van der Waals surface area contributed by atoms with Gasteiger partial charge >= 0.3 is 12.1 Å². The van der Waals surface area contributed by atoms with E-state index in [1.165, 1.54) is 6.07 Å². The fourth-order valence-electron chi connectivity index (χ4n) is 4.24. The minimum atomic E-state index is -4.46. The molecule has 0 aliphatic carbocycles. The Morgan fingerprint density at radius 3 is 2.61 bits per heavy atom. The van der Waals surface area contributed by atoms with Crippen molar-refractivity contribution in [3.05, 3.63) is 69.4 Å². The smallest absolute Gasteiger partial charge is 0.426 e. The molecule has 3 aromatic rings. The third-order valence-electron chi connectivity index (χ3n) is 5.99. The highest BCUT2D eigenvalue weighted by Gasteiger charge is 2.36. The van der Waals surface area contributed by atoms with Gasteiger partial charge in [0.2, 0.25) is 5.91 Å². The minimum absolute atomic E-state index is 0.00362. The average Bonchev–Trinajstić information content (AvgIpc) is 3.47. The molecule has 2 N–H and O–H groups in total. The zero-order valence-electron chi connectivity index (χ0n) is 19.5. The maximum Gasteiger partial charge on any atom is 0.426 e. The highest BCUT2D eigenvalue weighted by Crippen LogP contribution is 2.43. The molecule has 0 unspecified atom stereocenters. The lowest BCUT2D eigenvalue weighted by molar-refractivity contribution is -0.137. The van der Waals surface area contributed by atoms with Gasteiger partial charge in [0.05, 0.1) is 13.0 Å². The molecule has 1 amide bonds. The quantitative estimate of drug-likeness (QED) is 0.377. The molecule has 0 spiro atoms. The lowest BCUT2D eigenvalue weighted by atomic mass is 10.1. The lowest BCUT2D eigenvalue weighted by Gasteiger charge is -2.19. The number of fused-ring (bicyclic) bond motifs is 1. The van der Waals surface area contributed by atoms with Crippen LogP contribution in [0.5, 0.6) is 5.75 Å². The van der Waals surface area contributed by atoms with E-state index in [0.29, 0.717) is 40.5 Å². The van der Waals surface area contributed by atoms with Gasteiger partial charge in [-0.2, -0.15) is 13.2 Å². The Morgan fingerprint density at radius 2 is 1.92 bits per heavy atom. The number of carbonyl (C=O) groups is 2. The summed E-state index contributed by atoms with van der Waals surface area (Å²) < 4.78 is 46.9. The number of carboxylic acids is 1. The maximum absolute atomic E-state index is 13.7. The molecule has 10 heteroatoms. The highest BCUT2D eigenvalue weighted by molar-refractivity contribution is 7.12. The van der Waals surface area contributed by atoms with Gasteiger partial charge in [-0.3, -0.25) is 9.59 Å². The van der Waals surface area contributed by atoms with E-state index >= 15 is 0 Å². The summed E-state index contributed by atoms with van der Waals surface area (Å²) in [5, 5.41) is 11.5. The van der Waals surface area contributed by atoms with Gasteiger partial charge in [-0.15, -0.1) is 11.3 Å². The molecule has 2 heterocycles. The molecule has 0 bridgehead atoms. The molecule has 1 aromatic heterocycles. The van der Waals surface area contributed by atoms with Crippen LogP contribution in [-0.4, -0.2) is 36.6 Å². The molecule has 0 saturated carbocycles. The number of ether oxygens (including phenoxy) is 1. The summed E-state index contributed by atoms with van der Waals surface area (Å²) >= 11 is 0.681. The molecule has 0 saturated heterocycles. The van der Waals surface area contributed by atoms with Crippen LogP contribution in [0.1, 0.15) is 27.3 Å². The van der Waals surface area contributed by atoms with Gasteiger partial charge in [-0.1, -0.05) is 30.3 Å². The number of amides is 1. The van der Waals surface area contributed by atoms with E-state index in [0.717, 1.165) is 16.8 Å². The van der Waals surface area contributed by atoms with E-state index in [1.54, 1.807) is 47.4 Å². The first-order valence-corrected chi connectivity index (χ1v) is 12.2. The molecule has 1 aliphatic rings. The molecule has 0 atom stereocenters. The van der Waals surface area contributed by atoms with Gasteiger partial charge in [0.1, 0.15) is 17.2 Å². The topological polar surface area (TPSA) is 78.9 Å². The Morgan fingerprint density at radius 1 is 1.17 bits per heavy atom. The first kappa shape index (κ1) is 25.7. The number of carbonyl (C=O) groups excluding carboxylic acids is 1. The molecular weight excluding hydrogens is 493 g/mol. The number of benzene rings is 2. The Hall–Kier alpha value is -3.37. The van der Waals surface area contributed by atoms with Gasteiger partial charge < -0.3 is 20.1 Å². The van der Waals surface area contributed by atoms with Crippen molar-refractivity contribution < 1.29 is 32.6 Å². The van der Waals surface area contributed by atoms with Crippen molar-refractivity contribution in [1.29, 1.82) is 0 Å². The normalized spacial score (nSPS) is 13.1. The van der Waals surface area contributed by atoms with Crippen LogP contribution in [0.2, 0.25) is 0 Å². The van der Waals surface area contributed by atoms with Crippen LogP contribution in [0.25, 0.3) is 11.1 Å². The number of aliphatic carboxylic acids is 1. The zero-order valence-corrected chi connectivity index (χ0v) is 20.3. The summed E-state index contributed by atoms with van der Waals surface area (Å²) in [6.45, 7) is 2.61. The highest BCUT2D eigenvalue weighted by atomic mass is 32.1. The first-order valence-electron chi connectivity index (χ1n) is 11.4. The largest absolute Gasteiger partial charge is 0.488 e. The Bertz CT molecular complexity index is 1260. The number of rotatable bonds is 9. The number of hydrogen-bond donors (Lipinski definition) is 2. The van der Waals surface area contributed by atoms with E-state index in [4.69, 9.17) is 9.84 Å². The molecule has 2 aromatic carbocycles. The molecule has 6 nitrogen and oxygen atoms in total. The fraction of sp³-hybridized carbons (Fsp3) is 0.308. The monoisotopic (exact) mass is 518 g/mol. The van der Waals surface area contributed by atoms with Gasteiger partial charge in [0.25, 0.3) is 0 Å². The zero-order chi connectivity index (χ0) is 25.9. The predicted molar refractivity (Wildman–Crippen MR) is 131 cm³/mol. The van der Waals surface area contributed by atoms with Gasteiger partial charge in [-0.05, 0) is 48.2 Å². The number of carboxylic acid groups (broad SMARTS) is 1. The SMILES string of the molecule is Cc1c(OCc2cc(-c3ccccc3)c(C(F)(F)F)s2)ccc2c1CCN2C(=O)CNCCC(=O)O. The number of alkyl halides is 3. The van der Waals surface area contributed by atoms with Crippen LogP contribution in [0.4, 0.5) is 18.9 Å². The summed E-state index contributed by atoms with van der Waals surface area (Å²) in [6, 6.07) is 13.5. The summed E-state index contributed by atoms with van der Waals surface area (Å²) in [7, 11) is 0. The van der Waals surface area contributed by atoms with E-state index < -0.39 is 17.0 Å². The van der Waals surface area contributed by atoms with Crippen LogP contribution in [-0.2, 0) is 28.8 Å². The number of halogens is 3. The average molecular weight is 519 g/mol. The Kier molecular flexibility index (Phi) is 7.65. The third-order valence-corrected chi connectivity index (χ3v) is 7.14. The van der Waals surface area contributed by atoms with Crippen LogP contribution in [0.15, 0.2) is 48.5 Å². The van der Waals surface area contributed by atoms with E-state index in [2.05, 4.69) is 5.32 Å². The second-order valence-electron chi connectivity index (χ2n) is 8.41. The van der Waals surface area contributed by atoms with Crippen molar-refractivity contribution in [3.8, 4) is 16.9 Å². The van der Waals surface area contributed by atoms with E-state index in [9.17, 15) is 22.8 Å². The van der Waals surface area contributed by atoms with Crippen molar-refractivity contribution in [1.82, 2.24) is 5.32 Å². The fourth-order valence-corrected chi connectivity index (χ4v) is 5.20. The molecule has 1 aliphatic heterocycles. The van der Waals surface area contributed by atoms with Gasteiger partial charge in [0, 0.05) is 29.2 Å². The van der Waals surface area contributed by atoms with Crippen molar-refractivity contribution >= 4 is 28.9 Å². The Balaban J connectivity index is 1.46. The molecule has 0 radical (unpaired) electrons. The maximum atomic E-state index is 13.7. The third kappa shape index (κ3) is 5.71. The summed E-state index contributed by atoms with van der Waals surface area (Å²) in [6.07, 6.45) is -3.89. The van der Waals surface area contributed by atoms with Crippen molar-refractivity contribution in [3.63, 3.8) is 0 Å². The number of anilines is 1. The second kappa shape index (κ2) is 10.7. The van der Waals surface area contributed by atoms with Crippen LogP contribution in [0.3, 0.4) is 0 Å². The molecule has 4 rings (SSSR count). The number of nitrogens with one attached hydrogen (secondary N) is 1. The van der Waals surface area contributed by atoms with Gasteiger partial charge in [-0.25, -0.2) is 0 Å². The van der Waals surface area contributed by atoms with Crippen molar-refractivity contribution in [2.45, 2.75) is 32.5 Å². The summed E-state index contributed by atoms with van der Waals surface area (Å²) in [4.78, 5) is 24.7. The summed E-state index contributed by atoms with van der Waals surface area (Å²) in [5.74, 6) is -0.525. The second-order valence-corrected chi connectivity index (χ2v) is 9.55. The van der Waals surface area contributed by atoms with Crippen molar-refractivity contribution in [2.24, 2.45) is 0 Å². The lowest BCUT2D eigenvalue weighted by Crippen LogP contribution is -2.37. The minimum Gasteiger partial charge on any atom is -0.488 e. The molecule has 36 heavy (non-hydrogen) atoms. The standard InChI is InChI=1S/C26H25F3N2O4S/c1-16-19-10-12-31(23(32)14-30-11-9-24(33)34)21(19)7-8-22(16)35-15-18-13-20(17-5-3-2-4-6-17)25(36-18)26(27,28)29/h2-8,13,30H,9-12,14-15H2,1H3,(H,33,34). The first-order chi connectivity index (χ1) is 17.1. The number of hydrogen-bond acceptors (Lipinski definition) is 5. The van der Waals surface area contributed by atoms with E-state index in [-0.39, 0.29) is 37.6 Å². The van der Waals surface area contributed by atoms with E-state index in [1.807, 2.05) is 6.92 Å².